The van der Waals surface area contributed by atoms with Crippen LogP contribution in [-0.2, 0) is 4.74 Å². The van der Waals surface area contributed by atoms with E-state index in [1.165, 1.54) is 11.3 Å². The molecular weight excluding hydrogens is 334 g/mol. The highest BCUT2D eigenvalue weighted by molar-refractivity contribution is 7.13. The molecule has 25 heavy (non-hydrogen) atoms. The third-order valence-corrected chi connectivity index (χ3v) is 4.61. The fourth-order valence-corrected chi connectivity index (χ4v) is 3.10. The number of aryl methyl sites for hydroxylation is 1. The molecule has 1 heterocycles. The zero-order chi connectivity index (χ0) is 17.8. The lowest BCUT2D eigenvalue weighted by atomic mass is 10.1. The lowest BCUT2D eigenvalue weighted by Gasteiger charge is -2.11. The van der Waals surface area contributed by atoms with Gasteiger partial charge >= 0.3 is 5.97 Å². The van der Waals surface area contributed by atoms with Crippen LogP contribution in [0.4, 0.5) is 0 Å². The summed E-state index contributed by atoms with van der Waals surface area (Å²) in [6.07, 6.45) is -0.864. The number of aromatic nitrogens is 1. The molecule has 5 heteroatoms. The van der Waals surface area contributed by atoms with Gasteiger partial charge in [-0.25, -0.2) is 9.78 Å². The first-order valence-electron chi connectivity index (χ1n) is 7.87. The second-order valence-electron chi connectivity index (χ2n) is 5.68. The molecule has 0 saturated carbocycles. The van der Waals surface area contributed by atoms with E-state index < -0.39 is 12.1 Å². The van der Waals surface area contributed by atoms with Crippen molar-refractivity contribution >= 4 is 23.1 Å². The summed E-state index contributed by atoms with van der Waals surface area (Å²) in [5.41, 5.74) is 2.74. The van der Waals surface area contributed by atoms with Crippen LogP contribution in [0.2, 0.25) is 0 Å². The van der Waals surface area contributed by atoms with Crippen molar-refractivity contribution in [3.63, 3.8) is 0 Å². The Morgan fingerprint density at radius 1 is 1.04 bits per heavy atom. The first-order chi connectivity index (χ1) is 12.0. The molecule has 0 aliphatic carbocycles. The van der Waals surface area contributed by atoms with Crippen LogP contribution in [-0.4, -0.2) is 22.8 Å². The van der Waals surface area contributed by atoms with Crippen molar-refractivity contribution in [2.24, 2.45) is 0 Å². The maximum absolute atomic E-state index is 12.4. The molecule has 1 atom stereocenters. The average Bonchev–Trinajstić information content (AvgIpc) is 3.13. The molecule has 0 saturated heterocycles. The molecule has 0 amide bonds. The van der Waals surface area contributed by atoms with Gasteiger partial charge < -0.3 is 4.74 Å². The lowest BCUT2D eigenvalue weighted by Crippen LogP contribution is -2.24. The summed E-state index contributed by atoms with van der Waals surface area (Å²) >= 11 is 1.37. The number of carbonyl (C=O) groups is 2. The maximum Gasteiger partial charge on any atom is 0.358 e. The Morgan fingerprint density at radius 3 is 2.40 bits per heavy atom. The minimum absolute atomic E-state index is 0.215. The summed E-state index contributed by atoms with van der Waals surface area (Å²) in [4.78, 5) is 28.9. The number of ketones is 1. The number of rotatable bonds is 5. The highest BCUT2D eigenvalue weighted by atomic mass is 32.1. The van der Waals surface area contributed by atoms with Gasteiger partial charge in [-0.3, -0.25) is 4.79 Å². The van der Waals surface area contributed by atoms with E-state index in [2.05, 4.69) is 4.98 Å². The van der Waals surface area contributed by atoms with E-state index in [1.807, 2.05) is 49.4 Å². The van der Waals surface area contributed by atoms with Crippen LogP contribution in [0, 0.1) is 6.92 Å². The Morgan fingerprint density at radius 2 is 1.72 bits per heavy atom. The number of nitrogens with zero attached hydrogens (tertiary/aromatic N) is 1. The monoisotopic (exact) mass is 351 g/mol. The number of benzene rings is 2. The summed E-state index contributed by atoms with van der Waals surface area (Å²) in [5.74, 6) is -0.821. The van der Waals surface area contributed by atoms with Crippen molar-refractivity contribution in [2.75, 3.05) is 0 Å². The van der Waals surface area contributed by atoms with Gasteiger partial charge in [0.25, 0.3) is 0 Å². The van der Waals surface area contributed by atoms with E-state index in [0.717, 1.165) is 16.1 Å². The Hall–Kier alpha value is -2.79. The van der Waals surface area contributed by atoms with Gasteiger partial charge in [0, 0.05) is 16.5 Å². The topological polar surface area (TPSA) is 56.3 Å². The fraction of sp³-hybridized carbons (Fsp3) is 0.150. The van der Waals surface area contributed by atoms with Crippen molar-refractivity contribution in [3.8, 4) is 10.6 Å². The molecule has 0 N–H and O–H groups in total. The Kier molecular flexibility index (Phi) is 5.05. The molecular formula is C20H17NO3S. The number of ether oxygens (including phenoxy) is 1. The number of hydrogen-bond acceptors (Lipinski definition) is 5. The van der Waals surface area contributed by atoms with Crippen LogP contribution in [0.15, 0.2) is 60.0 Å². The number of Topliss-reactive ketones (excluding diaryl/α,β-unsaturated/α-hetero) is 1. The largest absolute Gasteiger partial charge is 0.450 e. The predicted molar refractivity (Wildman–Crippen MR) is 97.9 cm³/mol. The van der Waals surface area contributed by atoms with Gasteiger partial charge in [0.05, 0.1) is 0 Å². The normalized spacial score (nSPS) is 11.8. The van der Waals surface area contributed by atoms with Crippen LogP contribution >= 0.6 is 11.3 Å². The summed E-state index contributed by atoms with van der Waals surface area (Å²) in [6, 6.07) is 16.8. The predicted octanol–water partition coefficient (Wildman–Crippen LogP) is 4.55. The van der Waals surface area contributed by atoms with Crippen molar-refractivity contribution in [1.82, 2.24) is 4.98 Å². The van der Waals surface area contributed by atoms with E-state index in [-0.39, 0.29) is 11.5 Å². The van der Waals surface area contributed by atoms with Crippen LogP contribution in [0.25, 0.3) is 10.6 Å². The second kappa shape index (κ2) is 7.40. The van der Waals surface area contributed by atoms with E-state index >= 15 is 0 Å². The average molecular weight is 351 g/mol. The highest BCUT2D eigenvalue weighted by Gasteiger charge is 2.22. The van der Waals surface area contributed by atoms with Gasteiger partial charge in [0.15, 0.2) is 11.8 Å². The first kappa shape index (κ1) is 17.0. The van der Waals surface area contributed by atoms with Crippen LogP contribution in [0.3, 0.4) is 0 Å². The third-order valence-electron chi connectivity index (χ3n) is 3.72. The van der Waals surface area contributed by atoms with Crippen molar-refractivity contribution in [1.29, 1.82) is 0 Å². The number of hydrogen-bond donors (Lipinski definition) is 0. The molecule has 0 spiro atoms. The van der Waals surface area contributed by atoms with Gasteiger partial charge in [-0.15, -0.1) is 11.3 Å². The van der Waals surface area contributed by atoms with E-state index in [1.54, 1.807) is 24.4 Å². The molecule has 0 fully saturated rings. The van der Waals surface area contributed by atoms with Crippen molar-refractivity contribution in [2.45, 2.75) is 20.0 Å². The summed E-state index contributed by atoms with van der Waals surface area (Å²) in [6.45, 7) is 3.52. The Labute approximate surface area is 150 Å². The highest BCUT2D eigenvalue weighted by Crippen LogP contribution is 2.23. The molecule has 0 aliphatic rings. The molecule has 3 rings (SSSR count). The molecule has 0 unspecified atom stereocenters. The summed E-state index contributed by atoms with van der Waals surface area (Å²) in [7, 11) is 0. The smallest absolute Gasteiger partial charge is 0.358 e. The first-order valence-corrected chi connectivity index (χ1v) is 8.75. The number of esters is 1. The molecule has 0 bridgehead atoms. The zero-order valence-corrected chi connectivity index (χ0v) is 14.7. The molecule has 1 aromatic heterocycles. The molecule has 126 valence electrons. The van der Waals surface area contributed by atoms with Crippen LogP contribution in [0.1, 0.15) is 33.3 Å². The van der Waals surface area contributed by atoms with Crippen LogP contribution < -0.4 is 0 Å². The number of thiazole rings is 1. The quantitative estimate of drug-likeness (QED) is 0.500. The molecule has 0 radical (unpaired) electrons. The van der Waals surface area contributed by atoms with E-state index in [0.29, 0.717) is 5.56 Å². The minimum atomic E-state index is -0.864. The van der Waals surface area contributed by atoms with Gasteiger partial charge in [-0.1, -0.05) is 60.2 Å². The Bertz CT molecular complexity index is 885. The van der Waals surface area contributed by atoms with Gasteiger partial charge in [-0.05, 0) is 13.8 Å². The van der Waals surface area contributed by atoms with Crippen molar-refractivity contribution < 1.29 is 14.3 Å². The lowest BCUT2D eigenvalue weighted by molar-refractivity contribution is 0.0314. The Balaban J connectivity index is 1.68. The fourth-order valence-electron chi connectivity index (χ4n) is 2.31. The van der Waals surface area contributed by atoms with Crippen LogP contribution in [0.5, 0.6) is 0 Å². The zero-order valence-electron chi connectivity index (χ0n) is 13.9. The second-order valence-corrected chi connectivity index (χ2v) is 6.54. The summed E-state index contributed by atoms with van der Waals surface area (Å²) in [5, 5.41) is 2.39. The summed E-state index contributed by atoms with van der Waals surface area (Å²) < 4.78 is 5.29. The molecule has 0 aliphatic heterocycles. The van der Waals surface area contributed by atoms with Gasteiger partial charge in [-0.2, -0.15) is 0 Å². The van der Waals surface area contributed by atoms with Gasteiger partial charge in [0.2, 0.25) is 5.78 Å². The molecule has 4 nitrogen and oxygen atoms in total. The van der Waals surface area contributed by atoms with Gasteiger partial charge in [0.1, 0.15) is 5.01 Å². The third kappa shape index (κ3) is 4.00. The SMILES string of the molecule is Cc1ccc(C(=O)[C@H](C)OC(=O)c2csc(-c3ccccc3)n2)cc1. The minimum Gasteiger partial charge on any atom is -0.450 e. The van der Waals surface area contributed by atoms with E-state index in [9.17, 15) is 9.59 Å². The maximum atomic E-state index is 12.4. The van der Waals surface area contributed by atoms with E-state index in [4.69, 9.17) is 4.74 Å². The van der Waals surface area contributed by atoms with Crippen molar-refractivity contribution in [3.05, 3.63) is 76.8 Å². The standard InChI is InChI=1S/C20H17NO3S/c1-13-8-10-15(11-9-13)18(22)14(2)24-20(23)17-12-25-19(21-17)16-6-4-3-5-7-16/h3-12,14H,1-2H3/t14-/m0/s1. The molecule has 2 aromatic carbocycles. The number of carbonyl (C=O) groups excluding carboxylic acids is 2. The molecule has 3 aromatic rings.